The molecule has 146 valence electrons. The molecule has 2 rings (SSSR count). The van der Waals surface area contributed by atoms with Crippen LogP contribution in [0.1, 0.15) is 45.1 Å². The van der Waals surface area contributed by atoms with Crippen LogP contribution >= 0.6 is 0 Å². The SMILES string of the molecule is CCC(CC)(CNCc1ccccc1N(C)C1CCN(C)CC1)C(=O)O. The van der Waals surface area contributed by atoms with Crippen LogP contribution in [0.25, 0.3) is 0 Å². The first-order valence-electron chi connectivity index (χ1n) is 9.87. The van der Waals surface area contributed by atoms with Gasteiger partial charge in [-0.3, -0.25) is 4.79 Å². The zero-order valence-electron chi connectivity index (χ0n) is 16.8. The third kappa shape index (κ3) is 4.77. The number of para-hydroxylation sites is 1. The molecule has 5 heteroatoms. The Labute approximate surface area is 158 Å². The Balaban J connectivity index is 2.03. The van der Waals surface area contributed by atoms with Crippen LogP contribution in [-0.2, 0) is 11.3 Å². The first-order valence-corrected chi connectivity index (χ1v) is 9.87. The predicted octanol–water partition coefficient (Wildman–Crippen LogP) is 3.20. The molecule has 1 aliphatic heterocycles. The molecule has 0 unspecified atom stereocenters. The van der Waals surface area contributed by atoms with Crippen molar-refractivity contribution in [2.75, 3.05) is 38.6 Å². The first-order chi connectivity index (χ1) is 12.4. The number of hydrogen-bond acceptors (Lipinski definition) is 4. The lowest BCUT2D eigenvalue weighted by molar-refractivity contribution is -0.149. The number of anilines is 1. The molecule has 0 aliphatic carbocycles. The first kappa shape index (κ1) is 20.7. The van der Waals surface area contributed by atoms with Gasteiger partial charge in [0.1, 0.15) is 0 Å². The lowest BCUT2D eigenvalue weighted by Gasteiger charge is -2.37. The van der Waals surface area contributed by atoms with E-state index in [4.69, 9.17) is 0 Å². The van der Waals surface area contributed by atoms with E-state index in [-0.39, 0.29) is 0 Å². The molecule has 0 aromatic heterocycles. The van der Waals surface area contributed by atoms with Crippen molar-refractivity contribution < 1.29 is 9.90 Å². The van der Waals surface area contributed by atoms with E-state index in [2.05, 4.69) is 53.5 Å². The minimum Gasteiger partial charge on any atom is -0.481 e. The van der Waals surface area contributed by atoms with Crippen molar-refractivity contribution in [2.45, 2.75) is 52.1 Å². The Hall–Kier alpha value is -1.59. The second kappa shape index (κ2) is 9.38. The zero-order chi connectivity index (χ0) is 19.2. The highest BCUT2D eigenvalue weighted by Gasteiger charge is 2.34. The Morgan fingerprint density at radius 1 is 1.27 bits per heavy atom. The molecule has 1 aromatic rings. The number of nitrogens with one attached hydrogen (secondary N) is 1. The number of carboxylic acids is 1. The highest BCUT2D eigenvalue weighted by Crippen LogP contribution is 2.28. The van der Waals surface area contributed by atoms with Crippen molar-refractivity contribution in [2.24, 2.45) is 5.41 Å². The molecule has 5 nitrogen and oxygen atoms in total. The maximum Gasteiger partial charge on any atom is 0.310 e. The van der Waals surface area contributed by atoms with Gasteiger partial charge in [-0.1, -0.05) is 32.0 Å². The van der Waals surface area contributed by atoms with Gasteiger partial charge in [-0.05, 0) is 57.5 Å². The Bertz CT molecular complexity index is 578. The lowest BCUT2D eigenvalue weighted by atomic mass is 9.82. The fourth-order valence-electron chi connectivity index (χ4n) is 3.90. The molecule has 2 N–H and O–H groups in total. The summed E-state index contributed by atoms with van der Waals surface area (Å²) in [6.07, 6.45) is 3.65. The monoisotopic (exact) mass is 361 g/mol. The van der Waals surface area contributed by atoms with Gasteiger partial charge in [-0.2, -0.15) is 0 Å². The molecule has 0 saturated carbocycles. The second-order valence-corrected chi connectivity index (χ2v) is 7.67. The minimum absolute atomic E-state index is 0.502. The van der Waals surface area contributed by atoms with Crippen molar-refractivity contribution in [1.82, 2.24) is 10.2 Å². The van der Waals surface area contributed by atoms with Crippen LogP contribution in [0.4, 0.5) is 5.69 Å². The van der Waals surface area contributed by atoms with E-state index in [1.54, 1.807) is 0 Å². The quantitative estimate of drug-likeness (QED) is 0.707. The van der Waals surface area contributed by atoms with E-state index in [0.717, 1.165) is 13.1 Å². The molecule has 1 heterocycles. The van der Waals surface area contributed by atoms with Crippen molar-refractivity contribution in [3.63, 3.8) is 0 Å². The van der Waals surface area contributed by atoms with E-state index in [9.17, 15) is 9.90 Å². The van der Waals surface area contributed by atoms with Crippen LogP contribution in [0.5, 0.6) is 0 Å². The molecular weight excluding hydrogens is 326 g/mol. The standard InChI is InChI=1S/C21H35N3O2/c1-5-21(6-2,20(25)26)16-22-15-17-9-7-8-10-19(17)24(4)18-11-13-23(3)14-12-18/h7-10,18,22H,5-6,11-16H2,1-4H3,(H,25,26). The number of carboxylic acid groups (broad SMARTS) is 1. The average molecular weight is 362 g/mol. The highest BCUT2D eigenvalue weighted by molar-refractivity contribution is 5.74. The number of aliphatic carboxylic acids is 1. The van der Waals surface area contributed by atoms with E-state index >= 15 is 0 Å². The molecule has 1 aromatic carbocycles. The fraction of sp³-hybridized carbons (Fsp3) is 0.667. The molecule has 1 saturated heterocycles. The number of nitrogens with zero attached hydrogens (tertiary/aromatic N) is 2. The summed E-state index contributed by atoms with van der Waals surface area (Å²) in [5.41, 5.74) is 1.82. The molecule has 1 fully saturated rings. The van der Waals surface area contributed by atoms with E-state index in [1.165, 1.54) is 24.1 Å². The van der Waals surface area contributed by atoms with Gasteiger partial charge in [0.25, 0.3) is 0 Å². The van der Waals surface area contributed by atoms with Gasteiger partial charge in [-0.25, -0.2) is 0 Å². The molecule has 1 aliphatic rings. The summed E-state index contributed by atoms with van der Waals surface area (Å²) in [6.45, 7) is 7.40. The third-order valence-corrected chi connectivity index (χ3v) is 6.19. The highest BCUT2D eigenvalue weighted by atomic mass is 16.4. The van der Waals surface area contributed by atoms with Crippen molar-refractivity contribution >= 4 is 11.7 Å². The van der Waals surface area contributed by atoms with Crippen LogP contribution in [0.2, 0.25) is 0 Å². The van der Waals surface area contributed by atoms with Gasteiger partial charge in [0.15, 0.2) is 0 Å². The minimum atomic E-state index is -0.702. The number of hydrogen-bond donors (Lipinski definition) is 2. The van der Waals surface area contributed by atoms with Crippen LogP contribution in [0.15, 0.2) is 24.3 Å². The Kier molecular flexibility index (Phi) is 7.47. The number of benzene rings is 1. The summed E-state index contributed by atoms with van der Waals surface area (Å²) in [6, 6.07) is 9.04. The zero-order valence-corrected chi connectivity index (χ0v) is 16.8. The molecule has 0 spiro atoms. The summed E-state index contributed by atoms with van der Waals surface area (Å²) in [5.74, 6) is -0.702. The molecule has 0 amide bonds. The summed E-state index contributed by atoms with van der Waals surface area (Å²) in [4.78, 5) is 16.5. The third-order valence-electron chi connectivity index (χ3n) is 6.19. The summed E-state index contributed by atoms with van der Waals surface area (Å²) in [5, 5.41) is 13.0. The largest absolute Gasteiger partial charge is 0.481 e. The molecule has 26 heavy (non-hydrogen) atoms. The molecule has 0 atom stereocenters. The summed E-state index contributed by atoms with van der Waals surface area (Å²) in [7, 11) is 4.37. The van der Waals surface area contributed by atoms with Gasteiger partial charge in [0.05, 0.1) is 5.41 Å². The number of piperidine rings is 1. The van der Waals surface area contributed by atoms with Crippen LogP contribution in [0.3, 0.4) is 0 Å². The smallest absolute Gasteiger partial charge is 0.310 e. The fourth-order valence-corrected chi connectivity index (χ4v) is 3.90. The van der Waals surface area contributed by atoms with E-state index in [0.29, 0.717) is 32.0 Å². The predicted molar refractivity (Wildman–Crippen MR) is 108 cm³/mol. The van der Waals surface area contributed by atoms with Gasteiger partial charge in [-0.15, -0.1) is 0 Å². The van der Waals surface area contributed by atoms with Gasteiger partial charge < -0.3 is 20.2 Å². The molecule has 0 radical (unpaired) electrons. The van der Waals surface area contributed by atoms with Crippen LogP contribution < -0.4 is 10.2 Å². The maximum atomic E-state index is 11.7. The van der Waals surface area contributed by atoms with Crippen molar-refractivity contribution in [3.8, 4) is 0 Å². The number of rotatable bonds is 9. The molecular formula is C21H35N3O2. The van der Waals surface area contributed by atoms with Crippen LogP contribution in [0, 0.1) is 5.41 Å². The van der Waals surface area contributed by atoms with Gasteiger partial charge in [0, 0.05) is 31.9 Å². The van der Waals surface area contributed by atoms with E-state index < -0.39 is 11.4 Å². The Morgan fingerprint density at radius 3 is 2.46 bits per heavy atom. The topological polar surface area (TPSA) is 55.8 Å². The normalized spacial score (nSPS) is 16.6. The maximum absolute atomic E-state index is 11.7. The Morgan fingerprint density at radius 2 is 1.88 bits per heavy atom. The lowest BCUT2D eigenvalue weighted by Crippen LogP contribution is -2.42. The van der Waals surface area contributed by atoms with Gasteiger partial charge in [0.2, 0.25) is 0 Å². The average Bonchev–Trinajstić information content (AvgIpc) is 2.65. The second-order valence-electron chi connectivity index (χ2n) is 7.67. The van der Waals surface area contributed by atoms with Crippen molar-refractivity contribution in [3.05, 3.63) is 29.8 Å². The summed E-state index contributed by atoms with van der Waals surface area (Å²) >= 11 is 0. The number of likely N-dealkylation sites (tertiary alicyclic amines) is 1. The number of carbonyl (C=O) groups is 1. The van der Waals surface area contributed by atoms with Crippen molar-refractivity contribution in [1.29, 1.82) is 0 Å². The molecule has 0 bridgehead atoms. The van der Waals surface area contributed by atoms with Crippen LogP contribution in [-0.4, -0.2) is 55.7 Å². The van der Waals surface area contributed by atoms with E-state index in [1.807, 2.05) is 13.8 Å². The van der Waals surface area contributed by atoms with Gasteiger partial charge >= 0.3 is 5.97 Å². The summed E-state index contributed by atoms with van der Waals surface area (Å²) < 4.78 is 0.